The highest BCUT2D eigenvalue weighted by atomic mass is 32.1. The zero-order valence-electron chi connectivity index (χ0n) is 15.8. The van der Waals surface area contributed by atoms with Gasteiger partial charge in [-0.3, -0.25) is 9.69 Å². The van der Waals surface area contributed by atoms with Gasteiger partial charge in [0.25, 0.3) is 5.91 Å². The molecular formula is C21H22N2O3S. The Morgan fingerprint density at radius 1 is 1.15 bits per heavy atom. The molecule has 0 aliphatic carbocycles. The highest BCUT2D eigenvalue weighted by Crippen LogP contribution is 2.30. The zero-order chi connectivity index (χ0) is 19.6. The molecule has 27 heavy (non-hydrogen) atoms. The number of aryl methyl sites for hydroxylation is 2. The molecule has 0 spiro atoms. The van der Waals surface area contributed by atoms with Gasteiger partial charge in [0.15, 0.2) is 16.6 Å². The molecule has 1 N–H and O–H groups in total. The monoisotopic (exact) mass is 382 g/mol. The van der Waals surface area contributed by atoms with E-state index in [1.807, 2.05) is 57.2 Å². The van der Waals surface area contributed by atoms with Crippen LogP contribution >= 0.6 is 12.2 Å². The third kappa shape index (κ3) is 3.80. The number of methoxy groups -OCH3 is 1. The number of hydrogen-bond acceptors (Lipinski definition) is 4. The van der Waals surface area contributed by atoms with Gasteiger partial charge in [-0.2, -0.15) is 0 Å². The molecule has 0 atom stereocenters. The number of nitrogens with zero attached hydrogens (tertiary/aromatic N) is 1. The Kier molecular flexibility index (Phi) is 5.46. The number of hydrogen-bond donors (Lipinski definition) is 1. The Balaban J connectivity index is 1.93. The summed E-state index contributed by atoms with van der Waals surface area (Å²) in [5.74, 6) is 1.10. The third-order valence-electron chi connectivity index (χ3n) is 4.27. The molecule has 140 valence electrons. The lowest BCUT2D eigenvalue weighted by Gasteiger charge is -2.17. The van der Waals surface area contributed by atoms with Gasteiger partial charge in [-0.15, -0.1) is 0 Å². The van der Waals surface area contributed by atoms with Crippen LogP contribution in [0, 0.1) is 13.8 Å². The standard InChI is InChI=1S/C21H22N2O3S/c1-5-26-19-12-15(7-9-18(19)25-4)11-16-20(24)23(21(27)22-16)17-8-6-13(2)10-14(17)3/h6-12H,5H2,1-4H3,(H,22,27)/b16-11-. The van der Waals surface area contributed by atoms with Crippen molar-refractivity contribution in [1.29, 1.82) is 0 Å². The van der Waals surface area contributed by atoms with Crippen LogP contribution in [0.25, 0.3) is 6.08 Å². The van der Waals surface area contributed by atoms with Crippen LogP contribution in [0.3, 0.4) is 0 Å². The van der Waals surface area contributed by atoms with E-state index in [0.29, 0.717) is 28.9 Å². The Bertz CT molecular complexity index is 937. The van der Waals surface area contributed by atoms with Crippen molar-refractivity contribution in [2.24, 2.45) is 0 Å². The van der Waals surface area contributed by atoms with Gasteiger partial charge in [-0.1, -0.05) is 23.8 Å². The van der Waals surface area contributed by atoms with Gasteiger partial charge in [0.1, 0.15) is 5.70 Å². The predicted octanol–water partition coefficient (Wildman–Crippen LogP) is 3.97. The fourth-order valence-electron chi connectivity index (χ4n) is 3.03. The second-order valence-corrected chi connectivity index (χ2v) is 6.65. The summed E-state index contributed by atoms with van der Waals surface area (Å²) in [6.07, 6.45) is 1.76. The second-order valence-electron chi connectivity index (χ2n) is 6.26. The molecule has 2 aromatic rings. The summed E-state index contributed by atoms with van der Waals surface area (Å²) in [4.78, 5) is 14.5. The molecule has 1 amide bonds. The lowest BCUT2D eigenvalue weighted by Crippen LogP contribution is -2.30. The van der Waals surface area contributed by atoms with E-state index in [4.69, 9.17) is 21.7 Å². The largest absolute Gasteiger partial charge is 0.493 e. The highest BCUT2D eigenvalue weighted by Gasteiger charge is 2.32. The summed E-state index contributed by atoms with van der Waals surface area (Å²) in [5, 5.41) is 3.39. The van der Waals surface area contributed by atoms with E-state index < -0.39 is 0 Å². The van der Waals surface area contributed by atoms with E-state index in [1.54, 1.807) is 13.2 Å². The number of carbonyl (C=O) groups excluding carboxylic acids is 1. The molecule has 1 aliphatic rings. The van der Waals surface area contributed by atoms with Crippen LogP contribution < -0.4 is 19.7 Å². The van der Waals surface area contributed by atoms with E-state index in [1.165, 1.54) is 4.90 Å². The molecule has 0 saturated carbocycles. The van der Waals surface area contributed by atoms with Crippen molar-refractivity contribution in [3.8, 4) is 11.5 Å². The molecule has 0 bridgehead atoms. The molecule has 6 heteroatoms. The third-order valence-corrected chi connectivity index (χ3v) is 4.55. The summed E-state index contributed by atoms with van der Waals surface area (Å²) in [6.45, 7) is 6.42. The smallest absolute Gasteiger partial charge is 0.281 e. The number of anilines is 1. The summed E-state index contributed by atoms with van der Waals surface area (Å²) in [7, 11) is 1.60. The van der Waals surface area contributed by atoms with Crippen LogP contribution in [0.2, 0.25) is 0 Å². The number of rotatable bonds is 5. The van der Waals surface area contributed by atoms with Crippen molar-refractivity contribution in [2.45, 2.75) is 20.8 Å². The Labute approximate surface area is 164 Å². The van der Waals surface area contributed by atoms with Gasteiger partial charge in [0.2, 0.25) is 0 Å². The predicted molar refractivity (Wildman–Crippen MR) is 111 cm³/mol. The molecule has 0 aromatic heterocycles. The highest BCUT2D eigenvalue weighted by molar-refractivity contribution is 7.80. The maximum Gasteiger partial charge on any atom is 0.281 e. The topological polar surface area (TPSA) is 50.8 Å². The molecule has 3 rings (SSSR count). The van der Waals surface area contributed by atoms with E-state index in [2.05, 4.69) is 5.32 Å². The molecule has 0 unspecified atom stereocenters. The summed E-state index contributed by atoms with van der Waals surface area (Å²) < 4.78 is 10.9. The first-order valence-corrected chi connectivity index (χ1v) is 9.10. The van der Waals surface area contributed by atoms with Crippen molar-refractivity contribution in [3.05, 3.63) is 58.8 Å². The van der Waals surface area contributed by atoms with Gasteiger partial charge < -0.3 is 14.8 Å². The maximum atomic E-state index is 12.9. The molecule has 1 heterocycles. The van der Waals surface area contributed by atoms with E-state index in [9.17, 15) is 4.79 Å². The van der Waals surface area contributed by atoms with Crippen molar-refractivity contribution < 1.29 is 14.3 Å². The Morgan fingerprint density at radius 3 is 2.59 bits per heavy atom. The number of ether oxygens (including phenoxy) is 2. The minimum absolute atomic E-state index is 0.180. The molecule has 2 aromatic carbocycles. The lowest BCUT2D eigenvalue weighted by molar-refractivity contribution is -0.113. The first-order valence-electron chi connectivity index (χ1n) is 8.69. The van der Waals surface area contributed by atoms with E-state index in [0.717, 1.165) is 22.4 Å². The van der Waals surface area contributed by atoms with Crippen LogP contribution in [0.15, 0.2) is 42.1 Å². The normalized spacial score (nSPS) is 15.3. The van der Waals surface area contributed by atoms with Gasteiger partial charge in [0, 0.05) is 0 Å². The Hall–Kier alpha value is -2.86. The number of amides is 1. The minimum Gasteiger partial charge on any atom is -0.493 e. The lowest BCUT2D eigenvalue weighted by atomic mass is 10.1. The van der Waals surface area contributed by atoms with Crippen LogP contribution in [-0.2, 0) is 4.79 Å². The molecule has 1 aliphatic heterocycles. The number of nitrogens with one attached hydrogen (secondary N) is 1. The van der Waals surface area contributed by atoms with Gasteiger partial charge in [-0.05, 0) is 68.4 Å². The summed E-state index contributed by atoms with van der Waals surface area (Å²) >= 11 is 5.40. The van der Waals surface area contributed by atoms with Crippen molar-refractivity contribution in [1.82, 2.24) is 5.32 Å². The second kappa shape index (κ2) is 7.80. The summed E-state index contributed by atoms with van der Waals surface area (Å²) in [5.41, 5.74) is 4.17. The van der Waals surface area contributed by atoms with E-state index >= 15 is 0 Å². The first kappa shape index (κ1) is 18.9. The SMILES string of the molecule is CCOc1cc(/C=C2\NC(=S)N(c3ccc(C)cc3C)C2=O)ccc1OC. The molecular weight excluding hydrogens is 360 g/mol. The average Bonchev–Trinajstić information content (AvgIpc) is 2.90. The summed E-state index contributed by atoms with van der Waals surface area (Å²) in [6, 6.07) is 11.4. The zero-order valence-corrected chi connectivity index (χ0v) is 16.6. The Morgan fingerprint density at radius 2 is 1.93 bits per heavy atom. The number of thiocarbonyl (C=S) groups is 1. The van der Waals surface area contributed by atoms with Crippen molar-refractivity contribution in [2.75, 3.05) is 18.6 Å². The molecule has 5 nitrogen and oxygen atoms in total. The quantitative estimate of drug-likeness (QED) is 0.626. The maximum absolute atomic E-state index is 12.9. The average molecular weight is 382 g/mol. The van der Waals surface area contributed by atoms with Crippen LogP contribution in [-0.4, -0.2) is 24.7 Å². The molecule has 0 radical (unpaired) electrons. The van der Waals surface area contributed by atoms with Crippen LogP contribution in [0.4, 0.5) is 5.69 Å². The number of benzene rings is 2. The van der Waals surface area contributed by atoms with Crippen molar-refractivity contribution in [3.63, 3.8) is 0 Å². The van der Waals surface area contributed by atoms with Gasteiger partial charge >= 0.3 is 0 Å². The number of carbonyl (C=O) groups is 1. The first-order chi connectivity index (χ1) is 12.9. The molecule has 1 fully saturated rings. The van der Waals surface area contributed by atoms with Crippen LogP contribution in [0.1, 0.15) is 23.6 Å². The van der Waals surface area contributed by atoms with Crippen LogP contribution in [0.5, 0.6) is 11.5 Å². The fraction of sp³-hybridized carbons (Fsp3) is 0.238. The molecule has 1 saturated heterocycles. The van der Waals surface area contributed by atoms with E-state index in [-0.39, 0.29) is 5.91 Å². The van der Waals surface area contributed by atoms with Gasteiger partial charge in [-0.25, -0.2) is 0 Å². The van der Waals surface area contributed by atoms with Gasteiger partial charge in [0.05, 0.1) is 19.4 Å². The fourth-order valence-corrected chi connectivity index (χ4v) is 3.32. The van der Waals surface area contributed by atoms with Crippen molar-refractivity contribution >= 4 is 35.0 Å². The minimum atomic E-state index is -0.180.